The van der Waals surface area contributed by atoms with Crippen LogP contribution in [-0.2, 0) is 39.6 Å². The second kappa shape index (κ2) is 12.5. The molecule has 4 aromatic rings. The fraction of sp³-hybridized carbons (Fsp3) is 0.524. The number of ether oxygens (including phenoxy) is 3. The van der Waals surface area contributed by atoms with Crippen LogP contribution in [-0.4, -0.2) is 104 Å². The minimum absolute atomic E-state index is 0.00955. The number of nitrogens with one attached hydrogen (secondary N) is 1. The van der Waals surface area contributed by atoms with Crippen LogP contribution in [0, 0.1) is 0 Å². The van der Waals surface area contributed by atoms with Crippen LogP contribution in [0.3, 0.4) is 0 Å². The summed E-state index contributed by atoms with van der Waals surface area (Å²) in [6.45, 7) is -4.78. The standard InChI is InChI=1S/C21H25N10O9PS.HOPS/c22-14-10-15(25-5-24-14)30(6-26-10)19-12-13(33)21(39-19,3-36-12)4-37-41(35,42)40-9-1-8(2-32)38-18(9)31-7-27-11-16(31)28-20(23)29-17(11)34;1-2-3/h5-9,12-13,18-19,32-33H,1-4H2,(H,35,42)(H2,22,24,25)(H3,23,28,29,34);(H,1,3)/t8-,9+,12+,13-,18+,19+,21+,41?;/m0./s1. The molecule has 7 rings (SSSR count). The lowest BCUT2D eigenvalue weighted by molar-refractivity contribution is -0.183. The van der Waals surface area contributed by atoms with Gasteiger partial charge in [0.05, 0.1) is 38.6 Å². The molecule has 1 unspecified atom stereocenters. The maximum atomic E-state index is 12.2. The summed E-state index contributed by atoms with van der Waals surface area (Å²) in [6.07, 6.45) is -1.21. The first-order chi connectivity index (χ1) is 21.5. The van der Waals surface area contributed by atoms with Crippen molar-refractivity contribution in [2.75, 3.05) is 31.3 Å². The van der Waals surface area contributed by atoms with E-state index in [9.17, 15) is 19.9 Å². The van der Waals surface area contributed by atoms with E-state index < -0.39 is 54.8 Å². The van der Waals surface area contributed by atoms with Gasteiger partial charge < -0.3 is 49.8 Å². The second-order valence-corrected chi connectivity index (χ2v) is 13.6. The highest BCUT2D eigenvalue weighted by molar-refractivity contribution is 8.33. The topological polar surface area (TPSA) is 283 Å². The molecule has 3 aliphatic heterocycles. The van der Waals surface area contributed by atoms with Crippen molar-refractivity contribution in [2.24, 2.45) is 0 Å². The molecule has 242 valence electrons. The molecule has 24 heteroatoms. The minimum atomic E-state index is -4.02. The van der Waals surface area contributed by atoms with Gasteiger partial charge in [0.15, 0.2) is 35.1 Å². The molecule has 7 heterocycles. The Bertz CT molecular complexity index is 1840. The van der Waals surface area contributed by atoms with Gasteiger partial charge in [-0.1, -0.05) is 12.2 Å². The molecule has 45 heavy (non-hydrogen) atoms. The fourth-order valence-electron chi connectivity index (χ4n) is 5.49. The number of aliphatic hydroxyl groups is 2. The Morgan fingerprint density at radius 2 is 1.91 bits per heavy atom. The van der Waals surface area contributed by atoms with Gasteiger partial charge in [-0.2, -0.15) is 4.98 Å². The largest absolute Gasteiger partial charge is 0.394 e. The lowest BCUT2D eigenvalue weighted by atomic mass is 10.0. The summed E-state index contributed by atoms with van der Waals surface area (Å²) in [5.41, 5.74) is 10.5. The van der Waals surface area contributed by atoms with Crippen LogP contribution < -0.4 is 17.0 Å². The maximum Gasteiger partial charge on any atom is 0.325 e. The fourth-order valence-corrected chi connectivity index (χ4v) is 6.95. The van der Waals surface area contributed by atoms with Crippen molar-refractivity contribution in [1.29, 1.82) is 0 Å². The molecule has 3 saturated heterocycles. The van der Waals surface area contributed by atoms with Crippen molar-refractivity contribution < 1.29 is 42.9 Å². The number of aromatic nitrogens is 8. The number of H-pyrrole nitrogens is 1. The number of nitrogens with zero attached hydrogens (tertiary/aromatic N) is 7. The van der Waals surface area contributed by atoms with E-state index >= 15 is 0 Å². The van der Waals surface area contributed by atoms with E-state index in [1.165, 1.54) is 23.5 Å². The summed E-state index contributed by atoms with van der Waals surface area (Å²) in [6, 6.07) is 0. The van der Waals surface area contributed by atoms with Crippen molar-refractivity contribution in [2.45, 2.75) is 48.9 Å². The van der Waals surface area contributed by atoms with E-state index in [4.69, 9.17) is 51.1 Å². The highest BCUT2D eigenvalue weighted by Crippen LogP contribution is 2.53. The maximum absolute atomic E-state index is 12.2. The normalized spacial score (nSPS) is 30.6. The Morgan fingerprint density at radius 3 is 2.64 bits per heavy atom. The van der Waals surface area contributed by atoms with Crippen LogP contribution in [0.1, 0.15) is 18.9 Å². The molecule has 3 fully saturated rings. The summed E-state index contributed by atoms with van der Waals surface area (Å²) in [7, 11) is -0.139. The van der Waals surface area contributed by atoms with Crippen LogP contribution in [0.25, 0.3) is 22.3 Å². The number of nitrogen functional groups attached to an aromatic ring is 2. The van der Waals surface area contributed by atoms with E-state index in [1.54, 1.807) is 4.57 Å². The number of imidazole rings is 2. The highest BCUT2D eigenvalue weighted by atomic mass is 32.7. The number of aromatic amines is 1. The van der Waals surface area contributed by atoms with Gasteiger partial charge in [-0.25, -0.2) is 19.9 Å². The SMILES string of the molecule is Nc1nc2c(ncn2[C@@H]2O[C@H](CO)C[C@H]2OP(O)(=S)OC[C@@]23CO[C@@H]([C@H](n4cnc5c(N)ncnc54)O2)[C@@H]3O)c(=O)[nH]1.O=PS. The molecule has 0 spiro atoms. The van der Waals surface area contributed by atoms with Gasteiger partial charge >= 0.3 is 6.72 Å². The van der Waals surface area contributed by atoms with E-state index in [2.05, 4.69) is 42.2 Å². The van der Waals surface area contributed by atoms with Crippen molar-refractivity contribution in [1.82, 2.24) is 39.0 Å². The zero-order valence-corrected chi connectivity index (χ0v) is 26.3. The van der Waals surface area contributed by atoms with Gasteiger partial charge in [-0.05, 0) is 11.8 Å². The third-order valence-corrected chi connectivity index (χ3v) is 9.05. The molecule has 3 aliphatic rings. The summed E-state index contributed by atoms with van der Waals surface area (Å²) >= 11 is 8.52. The lowest BCUT2D eigenvalue weighted by Gasteiger charge is -2.32. The molecule has 8 N–H and O–H groups in total. The number of nitrogens with two attached hydrogens (primary N) is 2. The molecule has 0 amide bonds. The van der Waals surface area contributed by atoms with Crippen LogP contribution in [0.5, 0.6) is 0 Å². The van der Waals surface area contributed by atoms with Gasteiger partial charge in [0.1, 0.15) is 35.8 Å². The highest BCUT2D eigenvalue weighted by Gasteiger charge is 2.62. The summed E-state index contributed by atoms with van der Waals surface area (Å²) in [5, 5.41) is 20.8. The number of hydrogen-bond acceptors (Lipinski definition) is 17. The first-order valence-electron chi connectivity index (χ1n) is 13.0. The predicted octanol–water partition coefficient (Wildman–Crippen LogP) is -0.827. The number of aliphatic hydroxyl groups excluding tert-OH is 2. The summed E-state index contributed by atoms with van der Waals surface area (Å²) in [4.78, 5) is 46.2. The smallest absolute Gasteiger partial charge is 0.325 e. The summed E-state index contributed by atoms with van der Waals surface area (Å²) < 4.78 is 41.2. The number of anilines is 2. The quantitative estimate of drug-likeness (QED) is 0.0870. The molecule has 2 bridgehead atoms. The van der Waals surface area contributed by atoms with E-state index in [-0.39, 0.29) is 56.8 Å². The average Bonchev–Trinajstić information content (AvgIpc) is 3.81. The third-order valence-electron chi connectivity index (χ3n) is 7.48. The van der Waals surface area contributed by atoms with Crippen LogP contribution in [0.4, 0.5) is 11.8 Å². The number of rotatable bonds is 8. The van der Waals surface area contributed by atoms with Crippen molar-refractivity contribution in [3.63, 3.8) is 0 Å². The number of fused-ring (bicyclic) bond motifs is 4. The van der Waals surface area contributed by atoms with Gasteiger partial charge in [0.25, 0.3) is 5.56 Å². The zero-order chi connectivity index (χ0) is 32.1. The predicted molar refractivity (Wildman–Crippen MR) is 160 cm³/mol. The van der Waals surface area contributed by atoms with Crippen molar-refractivity contribution >= 4 is 72.5 Å². The number of hydrogen-bond donors (Lipinski definition) is 7. The minimum Gasteiger partial charge on any atom is -0.394 e. The molecule has 4 aromatic heterocycles. The molecular weight excluding hydrogens is 678 g/mol. The first-order valence-corrected chi connectivity index (χ1v) is 17.6. The van der Waals surface area contributed by atoms with Gasteiger partial charge in [-0.15, -0.1) is 0 Å². The Hall–Kier alpha value is -2.72. The molecule has 8 atom stereocenters. The van der Waals surface area contributed by atoms with Gasteiger partial charge in [0.2, 0.25) is 13.6 Å². The van der Waals surface area contributed by atoms with E-state index in [0.29, 0.717) is 11.2 Å². The number of thiol groups is 1. The zero-order valence-electron chi connectivity index (χ0n) is 22.8. The van der Waals surface area contributed by atoms with Gasteiger partial charge in [0, 0.05) is 6.42 Å². The van der Waals surface area contributed by atoms with Crippen molar-refractivity contribution in [3.05, 3.63) is 29.3 Å². The Labute approximate surface area is 263 Å². The molecule has 20 nitrogen and oxygen atoms in total. The first kappa shape index (κ1) is 32.2. The molecular formula is C21H26N10O10P2S2. The third kappa shape index (κ3) is 5.86. The van der Waals surface area contributed by atoms with Crippen LogP contribution in [0.15, 0.2) is 23.8 Å². The van der Waals surface area contributed by atoms with Crippen molar-refractivity contribution in [3.8, 4) is 0 Å². The monoisotopic (exact) mass is 704 g/mol. The van der Waals surface area contributed by atoms with Crippen LogP contribution >= 0.6 is 26.6 Å². The molecule has 0 aromatic carbocycles. The van der Waals surface area contributed by atoms with E-state index in [1.807, 2.05) is 0 Å². The summed E-state index contributed by atoms with van der Waals surface area (Å²) in [5.74, 6) is 0.0512. The lowest BCUT2D eigenvalue weighted by Crippen LogP contribution is -2.44. The molecule has 0 aliphatic carbocycles. The van der Waals surface area contributed by atoms with Gasteiger partial charge in [-0.3, -0.25) is 23.5 Å². The Kier molecular flexibility index (Phi) is 8.93. The van der Waals surface area contributed by atoms with Crippen LogP contribution in [0.2, 0.25) is 0 Å². The molecule has 0 radical (unpaired) electrons. The Balaban J connectivity index is 0.00000115. The average molecular weight is 705 g/mol. The Morgan fingerprint density at radius 1 is 1.20 bits per heavy atom. The van der Waals surface area contributed by atoms with E-state index in [0.717, 1.165) is 0 Å². The molecule has 0 saturated carbocycles. The second-order valence-electron chi connectivity index (χ2n) is 10.2.